The number of hydrogen-bond acceptors (Lipinski definition) is 6. The van der Waals surface area contributed by atoms with Gasteiger partial charge in [-0.3, -0.25) is 4.79 Å². The first-order valence-electron chi connectivity index (χ1n) is 7.75. The quantitative estimate of drug-likeness (QED) is 0.645. The fourth-order valence-electron chi connectivity index (χ4n) is 2.31. The molecule has 1 N–H and O–H groups in total. The van der Waals surface area contributed by atoms with E-state index in [0.29, 0.717) is 35.2 Å². The number of nitrogens with zero attached hydrogens (tertiary/aromatic N) is 1. The predicted molar refractivity (Wildman–Crippen MR) is 91.8 cm³/mol. The number of carbonyl (C=O) groups excluding carboxylic acids is 1. The van der Waals surface area contributed by atoms with Gasteiger partial charge in [-0.15, -0.1) is 0 Å². The van der Waals surface area contributed by atoms with Crippen molar-refractivity contribution in [3.05, 3.63) is 47.5 Å². The maximum atomic E-state index is 12.1. The molecule has 0 atom stereocenters. The summed E-state index contributed by atoms with van der Waals surface area (Å²) in [5, 5.41) is 3.97. The van der Waals surface area contributed by atoms with Gasteiger partial charge in [-0.1, -0.05) is 0 Å². The van der Waals surface area contributed by atoms with Crippen molar-refractivity contribution < 1.29 is 23.7 Å². The highest BCUT2D eigenvalue weighted by Gasteiger charge is 2.15. The minimum Gasteiger partial charge on any atom is -0.493 e. The van der Waals surface area contributed by atoms with Gasteiger partial charge in [-0.2, -0.15) is 5.10 Å². The first-order valence-corrected chi connectivity index (χ1v) is 7.75. The summed E-state index contributed by atoms with van der Waals surface area (Å²) in [4.78, 5) is 12.1. The normalized spacial score (nSPS) is 12.2. The van der Waals surface area contributed by atoms with Crippen LogP contribution in [0.5, 0.6) is 23.0 Å². The van der Waals surface area contributed by atoms with Gasteiger partial charge in [-0.05, 0) is 48.9 Å². The minimum atomic E-state index is -0.340. The summed E-state index contributed by atoms with van der Waals surface area (Å²) >= 11 is 0. The van der Waals surface area contributed by atoms with E-state index in [4.69, 9.17) is 18.9 Å². The second-order valence-corrected chi connectivity index (χ2v) is 5.11. The van der Waals surface area contributed by atoms with E-state index in [1.54, 1.807) is 37.4 Å². The van der Waals surface area contributed by atoms with Gasteiger partial charge in [-0.25, -0.2) is 5.43 Å². The molecule has 0 aromatic heterocycles. The van der Waals surface area contributed by atoms with Crippen LogP contribution in [0.3, 0.4) is 0 Å². The molecule has 1 aliphatic rings. The van der Waals surface area contributed by atoms with Gasteiger partial charge in [0.15, 0.2) is 23.0 Å². The topological polar surface area (TPSA) is 78.4 Å². The van der Waals surface area contributed by atoms with Crippen molar-refractivity contribution in [3.63, 3.8) is 0 Å². The zero-order chi connectivity index (χ0) is 17.6. The molecule has 1 amide bonds. The molecular formula is C18H18N2O5. The standard InChI is InChI=1S/C18H18N2O5/c1-3-23-14-6-4-12(8-16(14)22-2)10-19-20-18(21)13-5-7-15-17(9-13)25-11-24-15/h4-10H,3,11H2,1-2H3,(H,20,21)/b19-10+. The van der Waals surface area contributed by atoms with Crippen LogP contribution in [-0.4, -0.2) is 32.6 Å². The summed E-state index contributed by atoms with van der Waals surface area (Å²) in [5.74, 6) is 2.10. The zero-order valence-corrected chi connectivity index (χ0v) is 13.9. The average Bonchev–Trinajstić information content (AvgIpc) is 3.10. The smallest absolute Gasteiger partial charge is 0.271 e. The molecule has 25 heavy (non-hydrogen) atoms. The lowest BCUT2D eigenvalue weighted by Gasteiger charge is -2.09. The van der Waals surface area contributed by atoms with Gasteiger partial charge in [0.2, 0.25) is 6.79 Å². The number of amides is 1. The Morgan fingerprint density at radius 3 is 2.84 bits per heavy atom. The van der Waals surface area contributed by atoms with E-state index in [-0.39, 0.29) is 12.7 Å². The van der Waals surface area contributed by atoms with Crippen LogP contribution in [0.1, 0.15) is 22.8 Å². The van der Waals surface area contributed by atoms with Crippen molar-refractivity contribution in [1.82, 2.24) is 5.43 Å². The Bertz CT molecular complexity index is 804. The number of fused-ring (bicyclic) bond motifs is 1. The molecule has 0 aliphatic carbocycles. The molecule has 0 saturated heterocycles. The SMILES string of the molecule is CCOc1ccc(/C=N/NC(=O)c2ccc3c(c2)OCO3)cc1OC. The number of benzene rings is 2. The number of ether oxygens (including phenoxy) is 4. The van der Waals surface area contributed by atoms with E-state index in [1.165, 1.54) is 6.21 Å². The van der Waals surface area contributed by atoms with Crippen LogP contribution in [0.4, 0.5) is 0 Å². The Hall–Kier alpha value is -3.22. The fraction of sp³-hybridized carbons (Fsp3) is 0.222. The van der Waals surface area contributed by atoms with Crippen molar-refractivity contribution in [2.45, 2.75) is 6.92 Å². The molecule has 2 aromatic rings. The van der Waals surface area contributed by atoms with Crippen molar-refractivity contribution >= 4 is 12.1 Å². The molecule has 130 valence electrons. The second-order valence-electron chi connectivity index (χ2n) is 5.11. The molecule has 0 unspecified atom stereocenters. The lowest BCUT2D eigenvalue weighted by Crippen LogP contribution is -2.17. The van der Waals surface area contributed by atoms with E-state index >= 15 is 0 Å². The number of hydrazone groups is 1. The van der Waals surface area contributed by atoms with Crippen LogP contribution in [0.15, 0.2) is 41.5 Å². The van der Waals surface area contributed by atoms with Gasteiger partial charge in [0.1, 0.15) is 0 Å². The van der Waals surface area contributed by atoms with Gasteiger partial charge in [0.05, 0.1) is 19.9 Å². The Balaban J connectivity index is 1.65. The van der Waals surface area contributed by atoms with Gasteiger partial charge >= 0.3 is 0 Å². The minimum absolute atomic E-state index is 0.165. The van der Waals surface area contributed by atoms with Crippen LogP contribution in [0.2, 0.25) is 0 Å². The third-order valence-electron chi connectivity index (χ3n) is 3.50. The summed E-state index contributed by atoms with van der Waals surface area (Å²) in [7, 11) is 1.57. The number of hydrogen-bond donors (Lipinski definition) is 1. The summed E-state index contributed by atoms with van der Waals surface area (Å²) in [6, 6.07) is 10.4. The largest absolute Gasteiger partial charge is 0.493 e. The average molecular weight is 342 g/mol. The third kappa shape index (κ3) is 3.82. The molecule has 2 aromatic carbocycles. The van der Waals surface area contributed by atoms with Crippen molar-refractivity contribution in [2.24, 2.45) is 5.10 Å². The second kappa shape index (κ2) is 7.57. The highest BCUT2D eigenvalue weighted by Crippen LogP contribution is 2.32. The molecule has 0 fully saturated rings. The maximum absolute atomic E-state index is 12.1. The monoisotopic (exact) mass is 342 g/mol. The number of nitrogens with one attached hydrogen (secondary N) is 1. The Labute approximate surface area is 145 Å². The molecule has 0 saturated carbocycles. The maximum Gasteiger partial charge on any atom is 0.271 e. The molecule has 0 radical (unpaired) electrons. The van der Waals surface area contributed by atoms with Crippen LogP contribution in [0.25, 0.3) is 0 Å². The molecule has 7 nitrogen and oxygen atoms in total. The van der Waals surface area contributed by atoms with Gasteiger partial charge in [0, 0.05) is 5.56 Å². The zero-order valence-electron chi connectivity index (χ0n) is 13.9. The fourth-order valence-corrected chi connectivity index (χ4v) is 2.31. The van der Waals surface area contributed by atoms with E-state index in [9.17, 15) is 4.79 Å². The summed E-state index contributed by atoms with van der Waals surface area (Å²) in [6.07, 6.45) is 1.53. The van der Waals surface area contributed by atoms with Crippen LogP contribution >= 0.6 is 0 Å². The van der Waals surface area contributed by atoms with Crippen molar-refractivity contribution in [1.29, 1.82) is 0 Å². The predicted octanol–water partition coefficient (Wildman–Crippen LogP) is 2.59. The van der Waals surface area contributed by atoms with Crippen LogP contribution < -0.4 is 24.4 Å². The lowest BCUT2D eigenvalue weighted by atomic mass is 10.2. The highest BCUT2D eigenvalue weighted by atomic mass is 16.7. The number of carbonyl (C=O) groups is 1. The van der Waals surface area contributed by atoms with Crippen LogP contribution in [0, 0.1) is 0 Å². The molecular weight excluding hydrogens is 324 g/mol. The molecule has 1 heterocycles. The Kier molecular flexibility index (Phi) is 5.03. The summed E-state index contributed by atoms with van der Waals surface area (Å²) in [5.41, 5.74) is 3.68. The van der Waals surface area contributed by atoms with E-state index in [2.05, 4.69) is 10.5 Å². The van der Waals surface area contributed by atoms with Crippen molar-refractivity contribution in [3.8, 4) is 23.0 Å². The number of methoxy groups -OCH3 is 1. The Morgan fingerprint density at radius 1 is 1.20 bits per heavy atom. The van der Waals surface area contributed by atoms with E-state index in [0.717, 1.165) is 5.56 Å². The first kappa shape index (κ1) is 16.6. The summed E-state index contributed by atoms with van der Waals surface area (Å²) < 4.78 is 21.2. The van der Waals surface area contributed by atoms with Gasteiger partial charge in [0.25, 0.3) is 5.91 Å². The summed E-state index contributed by atoms with van der Waals surface area (Å²) in [6.45, 7) is 2.62. The molecule has 0 bridgehead atoms. The van der Waals surface area contributed by atoms with E-state index < -0.39 is 0 Å². The third-order valence-corrected chi connectivity index (χ3v) is 3.50. The molecule has 1 aliphatic heterocycles. The Morgan fingerprint density at radius 2 is 2.04 bits per heavy atom. The number of rotatable bonds is 6. The molecule has 3 rings (SSSR count). The molecule has 0 spiro atoms. The van der Waals surface area contributed by atoms with Crippen molar-refractivity contribution in [2.75, 3.05) is 20.5 Å². The van der Waals surface area contributed by atoms with Gasteiger partial charge < -0.3 is 18.9 Å². The van der Waals surface area contributed by atoms with E-state index in [1.807, 2.05) is 13.0 Å². The highest BCUT2D eigenvalue weighted by molar-refractivity contribution is 5.95. The first-order chi connectivity index (χ1) is 12.2. The molecule has 7 heteroatoms. The van der Waals surface area contributed by atoms with Crippen LogP contribution in [-0.2, 0) is 0 Å². The lowest BCUT2D eigenvalue weighted by molar-refractivity contribution is 0.0954.